The smallest absolute Gasteiger partial charge is 0.411 e. The van der Waals surface area contributed by atoms with Gasteiger partial charge in [-0.1, -0.05) is 6.42 Å². The molecule has 4 nitrogen and oxygen atoms in total. The second-order valence-corrected chi connectivity index (χ2v) is 6.27. The number of likely N-dealkylation sites (tertiary alicyclic amines) is 1. The van der Waals surface area contributed by atoms with Gasteiger partial charge in [-0.25, -0.2) is 4.79 Å². The number of ether oxygens (including phenoxy) is 1. The number of fused-ring (bicyclic) bond motifs is 2. The van der Waals surface area contributed by atoms with Crippen LogP contribution in [0.3, 0.4) is 0 Å². The number of hydrogen-bond donors (Lipinski definition) is 0. The molecule has 1 heterocycles. The minimum absolute atomic E-state index is 0.339. The van der Waals surface area contributed by atoms with Crippen molar-refractivity contribution in [3.05, 3.63) is 0 Å². The molecule has 0 aromatic rings. The van der Waals surface area contributed by atoms with Crippen LogP contribution in [-0.4, -0.2) is 35.0 Å². The van der Waals surface area contributed by atoms with E-state index < -0.39 is 11.1 Å². The van der Waals surface area contributed by atoms with Crippen LogP contribution in [0.25, 0.3) is 0 Å². The van der Waals surface area contributed by atoms with E-state index in [9.17, 15) is 9.59 Å². The van der Waals surface area contributed by atoms with E-state index in [0.29, 0.717) is 12.5 Å². The van der Waals surface area contributed by atoms with Gasteiger partial charge in [-0.15, -0.1) is 0 Å². The number of hydrogen-bond acceptors (Lipinski definition) is 3. The number of nitrogens with zero attached hydrogens (tertiary/aromatic N) is 1. The van der Waals surface area contributed by atoms with Crippen molar-refractivity contribution in [3.8, 4) is 0 Å². The highest BCUT2D eigenvalue weighted by Crippen LogP contribution is 2.43. The summed E-state index contributed by atoms with van der Waals surface area (Å²) in [5.74, 6) is 0.474. The zero-order valence-corrected chi connectivity index (χ0v) is 10.9. The fraction of sp³-hybridized carbons (Fsp3) is 0.846. The van der Waals surface area contributed by atoms with Crippen molar-refractivity contribution >= 4 is 12.4 Å². The lowest BCUT2D eigenvalue weighted by molar-refractivity contribution is -0.117. The molecule has 1 amide bonds. The van der Waals surface area contributed by atoms with Crippen molar-refractivity contribution in [1.82, 2.24) is 4.90 Å². The van der Waals surface area contributed by atoms with Crippen molar-refractivity contribution in [3.63, 3.8) is 0 Å². The van der Waals surface area contributed by atoms with Gasteiger partial charge in [0.05, 0.1) is 0 Å². The molecule has 0 spiro atoms. The molecule has 2 atom stereocenters. The van der Waals surface area contributed by atoms with Gasteiger partial charge in [0.25, 0.3) is 0 Å². The van der Waals surface area contributed by atoms with E-state index in [2.05, 4.69) is 0 Å². The molecule has 0 radical (unpaired) electrons. The van der Waals surface area contributed by atoms with Crippen LogP contribution in [0.4, 0.5) is 4.79 Å². The quantitative estimate of drug-likeness (QED) is 0.660. The highest BCUT2D eigenvalue weighted by molar-refractivity contribution is 5.78. The second kappa shape index (κ2) is 4.00. The summed E-state index contributed by atoms with van der Waals surface area (Å²) in [6.07, 6.45) is 4.37. The van der Waals surface area contributed by atoms with Gasteiger partial charge in [-0.05, 0) is 46.0 Å². The van der Waals surface area contributed by atoms with Gasteiger partial charge < -0.3 is 9.53 Å². The molecule has 1 aliphatic heterocycles. The van der Waals surface area contributed by atoms with Gasteiger partial charge in [-0.2, -0.15) is 0 Å². The fourth-order valence-corrected chi connectivity index (χ4v) is 2.99. The van der Waals surface area contributed by atoms with E-state index in [1.165, 1.54) is 0 Å². The Balaban J connectivity index is 2.15. The minimum Gasteiger partial charge on any atom is -0.444 e. The first-order valence-electron chi connectivity index (χ1n) is 6.33. The molecular weight excluding hydrogens is 218 g/mol. The Morgan fingerprint density at radius 3 is 2.76 bits per heavy atom. The van der Waals surface area contributed by atoms with E-state index in [1.807, 2.05) is 20.8 Å². The Morgan fingerprint density at radius 2 is 2.18 bits per heavy atom. The van der Waals surface area contributed by atoms with E-state index in [4.69, 9.17) is 4.74 Å². The van der Waals surface area contributed by atoms with Gasteiger partial charge in [0.1, 0.15) is 17.4 Å². The molecule has 2 rings (SSSR count). The maximum Gasteiger partial charge on any atom is 0.411 e. The minimum atomic E-state index is -0.578. The number of aldehydes is 1. The lowest BCUT2D eigenvalue weighted by Gasteiger charge is -2.35. The first-order chi connectivity index (χ1) is 7.86. The summed E-state index contributed by atoms with van der Waals surface area (Å²) in [7, 11) is 0. The molecule has 0 N–H and O–H groups in total. The molecule has 0 aromatic carbocycles. The van der Waals surface area contributed by atoms with E-state index in [0.717, 1.165) is 32.0 Å². The number of carbonyl (C=O) groups is 2. The Hall–Kier alpha value is -1.06. The fourth-order valence-electron chi connectivity index (χ4n) is 2.99. The standard InChI is InChI=1S/C13H21NO3/c1-12(2,3)17-11(16)14-8-10-5-4-6-13(14,7-10)9-15/h9-10H,4-8H2,1-3H3. The van der Waals surface area contributed by atoms with Crippen LogP contribution in [0.5, 0.6) is 0 Å². The van der Waals surface area contributed by atoms with Crippen LogP contribution in [0.1, 0.15) is 46.5 Å². The SMILES string of the molecule is CC(C)(C)OC(=O)N1CC2CCCC1(C=O)C2. The van der Waals surface area contributed by atoms with Crippen molar-refractivity contribution in [2.45, 2.75) is 57.6 Å². The number of amides is 1. The van der Waals surface area contributed by atoms with Crippen LogP contribution in [0.2, 0.25) is 0 Å². The zero-order chi connectivity index (χ0) is 12.7. The van der Waals surface area contributed by atoms with E-state index in [-0.39, 0.29) is 6.09 Å². The molecule has 1 saturated heterocycles. The summed E-state index contributed by atoms with van der Waals surface area (Å²) in [5.41, 5.74) is -1.08. The predicted molar refractivity (Wildman–Crippen MR) is 63.7 cm³/mol. The van der Waals surface area contributed by atoms with Crippen LogP contribution in [0, 0.1) is 5.92 Å². The lowest BCUT2D eigenvalue weighted by Crippen LogP contribution is -2.50. The maximum absolute atomic E-state index is 12.1. The summed E-state index contributed by atoms with van der Waals surface area (Å²) in [4.78, 5) is 25.1. The Kier molecular flexibility index (Phi) is 2.92. The number of carbonyl (C=O) groups excluding carboxylic acids is 2. The third-order valence-corrected chi connectivity index (χ3v) is 3.68. The largest absolute Gasteiger partial charge is 0.444 e. The van der Waals surface area contributed by atoms with E-state index >= 15 is 0 Å². The first kappa shape index (κ1) is 12.4. The molecule has 17 heavy (non-hydrogen) atoms. The summed E-state index contributed by atoms with van der Waals surface area (Å²) in [6.45, 7) is 6.22. The van der Waals surface area contributed by atoms with Crippen molar-refractivity contribution in [2.75, 3.05) is 6.54 Å². The van der Waals surface area contributed by atoms with Crippen LogP contribution < -0.4 is 0 Å². The third-order valence-electron chi connectivity index (χ3n) is 3.68. The molecular formula is C13H21NO3. The molecule has 2 fully saturated rings. The lowest BCUT2D eigenvalue weighted by atomic mass is 9.81. The van der Waals surface area contributed by atoms with Crippen molar-refractivity contribution in [2.24, 2.45) is 5.92 Å². The summed E-state index contributed by atoms with van der Waals surface area (Å²) in [5, 5.41) is 0. The topological polar surface area (TPSA) is 46.6 Å². The normalized spacial score (nSPS) is 32.4. The molecule has 1 saturated carbocycles. The Morgan fingerprint density at radius 1 is 1.47 bits per heavy atom. The molecule has 96 valence electrons. The van der Waals surface area contributed by atoms with Gasteiger partial charge in [0, 0.05) is 6.54 Å². The van der Waals surface area contributed by atoms with Crippen molar-refractivity contribution < 1.29 is 14.3 Å². The van der Waals surface area contributed by atoms with Crippen LogP contribution in [-0.2, 0) is 9.53 Å². The third kappa shape index (κ3) is 2.31. The number of rotatable bonds is 1. The zero-order valence-electron chi connectivity index (χ0n) is 10.9. The molecule has 4 heteroatoms. The van der Waals surface area contributed by atoms with Gasteiger partial charge >= 0.3 is 6.09 Å². The average molecular weight is 239 g/mol. The van der Waals surface area contributed by atoms with E-state index in [1.54, 1.807) is 4.90 Å². The summed E-state index contributed by atoms with van der Waals surface area (Å²) in [6, 6.07) is 0. The highest BCUT2D eigenvalue weighted by Gasteiger charge is 2.51. The van der Waals surface area contributed by atoms with Gasteiger partial charge in [0.15, 0.2) is 0 Å². The van der Waals surface area contributed by atoms with Gasteiger partial charge in [-0.3, -0.25) is 4.90 Å². The molecule has 1 aliphatic carbocycles. The first-order valence-corrected chi connectivity index (χ1v) is 6.33. The Labute approximate surface area is 102 Å². The maximum atomic E-state index is 12.1. The molecule has 0 aromatic heterocycles. The molecule has 2 unspecified atom stereocenters. The van der Waals surface area contributed by atoms with Crippen molar-refractivity contribution in [1.29, 1.82) is 0 Å². The molecule has 2 aliphatic rings. The van der Waals surface area contributed by atoms with Crippen LogP contribution in [0.15, 0.2) is 0 Å². The average Bonchev–Trinajstić information content (AvgIpc) is 2.48. The molecule has 2 bridgehead atoms. The second-order valence-electron chi connectivity index (χ2n) is 6.27. The highest BCUT2D eigenvalue weighted by atomic mass is 16.6. The van der Waals surface area contributed by atoms with Crippen LogP contribution >= 0.6 is 0 Å². The Bertz CT molecular complexity index is 334. The summed E-state index contributed by atoms with van der Waals surface area (Å²) < 4.78 is 5.38. The summed E-state index contributed by atoms with van der Waals surface area (Å²) >= 11 is 0. The predicted octanol–water partition coefficient (Wildman–Crippen LogP) is 2.37. The monoisotopic (exact) mass is 239 g/mol. The van der Waals surface area contributed by atoms with Gasteiger partial charge in [0.2, 0.25) is 0 Å².